The average molecular weight is 416 g/mol. The molecule has 2 amide bonds. The first-order chi connectivity index (χ1) is 15.1. The molecule has 3 heterocycles. The predicted molar refractivity (Wildman–Crippen MR) is 123 cm³/mol. The van der Waals surface area contributed by atoms with Crippen molar-refractivity contribution >= 4 is 16.8 Å². The first kappa shape index (κ1) is 19.9. The number of aromatic nitrogens is 1. The van der Waals surface area contributed by atoms with E-state index in [1.165, 1.54) is 27.5 Å². The molecule has 2 aliphatic rings. The van der Waals surface area contributed by atoms with Gasteiger partial charge in [0.25, 0.3) is 0 Å². The van der Waals surface area contributed by atoms with Gasteiger partial charge < -0.3 is 15.0 Å². The van der Waals surface area contributed by atoms with Crippen LogP contribution in [0.4, 0.5) is 4.79 Å². The summed E-state index contributed by atoms with van der Waals surface area (Å²) in [6.45, 7) is 6.18. The van der Waals surface area contributed by atoms with Crippen LogP contribution in [-0.2, 0) is 6.42 Å². The van der Waals surface area contributed by atoms with Gasteiger partial charge in [-0.3, -0.25) is 4.98 Å². The second-order valence-electron chi connectivity index (χ2n) is 8.76. The van der Waals surface area contributed by atoms with E-state index in [-0.39, 0.29) is 11.6 Å². The molecular weight excluding hydrogens is 386 g/mol. The number of piperidine rings is 1. The number of amides is 2. The van der Waals surface area contributed by atoms with E-state index in [1.54, 1.807) is 0 Å². The molecule has 1 spiro atoms. The summed E-state index contributed by atoms with van der Waals surface area (Å²) < 4.78 is 6.56. The van der Waals surface area contributed by atoms with Gasteiger partial charge in [0.05, 0.1) is 0 Å². The molecule has 1 fully saturated rings. The van der Waals surface area contributed by atoms with Crippen molar-refractivity contribution in [3.05, 3.63) is 59.9 Å². The maximum Gasteiger partial charge on any atom is 0.317 e. The van der Waals surface area contributed by atoms with Crippen LogP contribution in [0.3, 0.4) is 0 Å². The summed E-state index contributed by atoms with van der Waals surface area (Å²) in [4.78, 5) is 18.4. The number of likely N-dealkylation sites (tertiary alicyclic amines) is 1. The molecule has 5 heteroatoms. The highest BCUT2D eigenvalue weighted by Crippen LogP contribution is 2.41. The van der Waals surface area contributed by atoms with E-state index >= 15 is 0 Å². The largest absolute Gasteiger partial charge is 0.487 e. The van der Waals surface area contributed by atoms with Crippen LogP contribution in [0.1, 0.15) is 37.4 Å². The minimum absolute atomic E-state index is 0.0413. The number of hydrogen-bond acceptors (Lipinski definition) is 3. The Bertz CT molecular complexity index is 1130. The lowest BCUT2D eigenvalue weighted by atomic mass is 9.82. The van der Waals surface area contributed by atoms with Crippen LogP contribution in [0.2, 0.25) is 0 Å². The average Bonchev–Trinajstić information content (AvgIpc) is 2.79. The number of fused-ring (bicyclic) bond motifs is 2. The lowest BCUT2D eigenvalue weighted by Gasteiger charge is -2.44. The minimum atomic E-state index is -0.134. The van der Waals surface area contributed by atoms with Crippen molar-refractivity contribution in [3.8, 4) is 16.9 Å². The van der Waals surface area contributed by atoms with E-state index in [0.29, 0.717) is 6.54 Å². The van der Waals surface area contributed by atoms with Gasteiger partial charge in [-0.1, -0.05) is 18.2 Å². The first-order valence-electron chi connectivity index (χ1n) is 11.3. The molecule has 31 heavy (non-hydrogen) atoms. The number of aryl methyl sites for hydroxylation is 2. The van der Waals surface area contributed by atoms with E-state index in [2.05, 4.69) is 59.7 Å². The SMILES string of the molecule is CCNC(=O)N1CCC2(CCc3cc(-c4ccc5c(C)nccc5c4)ccc3O2)CC1. The van der Waals surface area contributed by atoms with Crippen molar-refractivity contribution in [2.45, 2.75) is 45.1 Å². The topological polar surface area (TPSA) is 54.5 Å². The summed E-state index contributed by atoms with van der Waals surface area (Å²) in [6.07, 6.45) is 5.68. The fraction of sp³-hybridized carbons (Fsp3) is 0.385. The Morgan fingerprint density at radius 2 is 1.87 bits per heavy atom. The highest BCUT2D eigenvalue weighted by molar-refractivity contribution is 5.88. The summed E-state index contributed by atoms with van der Waals surface area (Å²) in [5.41, 5.74) is 4.65. The van der Waals surface area contributed by atoms with E-state index in [1.807, 2.05) is 18.0 Å². The lowest BCUT2D eigenvalue weighted by molar-refractivity contribution is -0.00543. The van der Waals surface area contributed by atoms with E-state index in [0.717, 1.165) is 50.2 Å². The molecule has 3 aromatic rings. The Hall–Kier alpha value is -3.08. The van der Waals surface area contributed by atoms with Gasteiger partial charge in [0.1, 0.15) is 11.4 Å². The number of pyridine rings is 1. The molecule has 0 atom stereocenters. The van der Waals surface area contributed by atoms with Crippen LogP contribution in [0.5, 0.6) is 5.75 Å². The summed E-state index contributed by atoms with van der Waals surface area (Å²) in [5.74, 6) is 1.00. The van der Waals surface area contributed by atoms with Crippen molar-refractivity contribution in [3.63, 3.8) is 0 Å². The highest BCUT2D eigenvalue weighted by Gasteiger charge is 2.40. The second-order valence-corrected chi connectivity index (χ2v) is 8.76. The molecule has 0 aliphatic carbocycles. The number of urea groups is 1. The Kier molecular flexibility index (Phi) is 5.05. The summed E-state index contributed by atoms with van der Waals surface area (Å²) in [6, 6.07) is 15.3. The molecule has 1 N–H and O–H groups in total. The summed E-state index contributed by atoms with van der Waals surface area (Å²) in [7, 11) is 0. The molecule has 5 nitrogen and oxygen atoms in total. The fourth-order valence-electron chi connectivity index (χ4n) is 4.94. The molecule has 160 valence electrons. The number of rotatable bonds is 2. The van der Waals surface area contributed by atoms with Crippen LogP contribution < -0.4 is 10.1 Å². The molecule has 2 aromatic carbocycles. The first-order valence-corrected chi connectivity index (χ1v) is 11.3. The Morgan fingerprint density at radius 1 is 1.10 bits per heavy atom. The molecule has 0 saturated carbocycles. The third kappa shape index (κ3) is 3.73. The number of nitrogens with zero attached hydrogens (tertiary/aromatic N) is 2. The monoisotopic (exact) mass is 415 g/mol. The Balaban J connectivity index is 1.34. The third-order valence-corrected chi connectivity index (χ3v) is 6.82. The third-order valence-electron chi connectivity index (χ3n) is 6.82. The van der Waals surface area contributed by atoms with Crippen LogP contribution >= 0.6 is 0 Å². The van der Waals surface area contributed by atoms with Gasteiger partial charge in [0, 0.05) is 49.8 Å². The zero-order chi connectivity index (χ0) is 21.4. The molecule has 1 aromatic heterocycles. The number of carbonyl (C=O) groups is 1. The van der Waals surface area contributed by atoms with Crippen molar-refractivity contribution in [1.29, 1.82) is 0 Å². The normalized spacial score (nSPS) is 17.3. The van der Waals surface area contributed by atoms with Gasteiger partial charge in [-0.2, -0.15) is 0 Å². The zero-order valence-electron chi connectivity index (χ0n) is 18.3. The quantitative estimate of drug-likeness (QED) is 0.634. The van der Waals surface area contributed by atoms with Gasteiger partial charge in [-0.25, -0.2) is 4.79 Å². The number of nitrogens with one attached hydrogen (secondary N) is 1. The molecule has 0 radical (unpaired) electrons. The Labute approximate surface area is 183 Å². The van der Waals surface area contributed by atoms with Gasteiger partial charge in [-0.05, 0) is 73.0 Å². The Morgan fingerprint density at radius 3 is 2.68 bits per heavy atom. The van der Waals surface area contributed by atoms with Crippen LogP contribution in [0.25, 0.3) is 21.9 Å². The van der Waals surface area contributed by atoms with Gasteiger partial charge >= 0.3 is 6.03 Å². The number of ether oxygens (including phenoxy) is 1. The van der Waals surface area contributed by atoms with E-state index < -0.39 is 0 Å². The minimum Gasteiger partial charge on any atom is -0.487 e. The molecular formula is C26H29N3O2. The molecule has 5 rings (SSSR count). The smallest absolute Gasteiger partial charge is 0.317 e. The van der Waals surface area contributed by atoms with E-state index in [9.17, 15) is 4.79 Å². The number of hydrogen-bond donors (Lipinski definition) is 1. The van der Waals surface area contributed by atoms with Crippen molar-refractivity contribution in [2.75, 3.05) is 19.6 Å². The van der Waals surface area contributed by atoms with Crippen LogP contribution in [-0.4, -0.2) is 41.2 Å². The standard InChI is InChI=1S/C26H29N3O2/c1-3-27-25(30)29-14-11-26(12-15-29)10-8-22-17-20(5-7-24(22)31-26)19-4-6-23-18(2)28-13-9-21(23)16-19/h4-7,9,13,16-17H,3,8,10-12,14-15H2,1-2H3,(H,27,30). The number of carbonyl (C=O) groups excluding carboxylic acids is 1. The predicted octanol–water partition coefficient (Wildman–Crippen LogP) is 5.10. The van der Waals surface area contributed by atoms with Gasteiger partial charge in [0.15, 0.2) is 0 Å². The highest BCUT2D eigenvalue weighted by atomic mass is 16.5. The molecule has 0 bridgehead atoms. The molecule has 2 aliphatic heterocycles. The van der Waals surface area contributed by atoms with Gasteiger partial charge in [0.2, 0.25) is 0 Å². The van der Waals surface area contributed by atoms with Crippen molar-refractivity contribution in [2.24, 2.45) is 0 Å². The van der Waals surface area contributed by atoms with Crippen molar-refractivity contribution < 1.29 is 9.53 Å². The van der Waals surface area contributed by atoms with Crippen LogP contribution in [0.15, 0.2) is 48.7 Å². The summed E-state index contributed by atoms with van der Waals surface area (Å²) >= 11 is 0. The van der Waals surface area contributed by atoms with Gasteiger partial charge in [-0.15, -0.1) is 0 Å². The molecule has 0 unspecified atom stereocenters. The van der Waals surface area contributed by atoms with Crippen LogP contribution in [0, 0.1) is 6.92 Å². The zero-order valence-corrected chi connectivity index (χ0v) is 18.3. The summed E-state index contributed by atoms with van der Waals surface area (Å²) in [5, 5.41) is 5.32. The molecule has 1 saturated heterocycles. The fourth-order valence-corrected chi connectivity index (χ4v) is 4.94. The maximum atomic E-state index is 12.1. The second kappa shape index (κ2) is 7.88. The van der Waals surface area contributed by atoms with E-state index in [4.69, 9.17) is 4.74 Å². The lowest BCUT2D eigenvalue weighted by Crippen LogP contribution is -2.53. The van der Waals surface area contributed by atoms with Crippen molar-refractivity contribution in [1.82, 2.24) is 15.2 Å². The maximum absolute atomic E-state index is 12.1. The number of benzene rings is 2.